The number of anilines is 1. The van der Waals surface area contributed by atoms with Crippen molar-refractivity contribution in [3.63, 3.8) is 0 Å². The van der Waals surface area contributed by atoms with Gasteiger partial charge in [-0.25, -0.2) is 9.97 Å². The van der Waals surface area contributed by atoms with Crippen molar-refractivity contribution in [3.8, 4) is 5.75 Å². The Bertz CT molecular complexity index is 790. The molecule has 0 saturated carbocycles. The number of rotatable bonds is 3. The highest BCUT2D eigenvalue weighted by molar-refractivity contribution is 5.49. The van der Waals surface area contributed by atoms with Gasteiger partial charge in [-0.3, -0.25) is 0 Å². The molecule has 5 heteroatoms. The highest BCUT2D eigenvalue weighted by Gasteiger charge is 2.20. The van der Waals surface area contributed by atoms with Gasteiger partial charge in [0.15, 0.2) is 0 Å². The molecule has 0 bridgehead atoms. The monoisotopic (exact) mass is 338 g/mol. The maximum atomic E-state index is 5.79. The SMILES string of the molecule is Cc1nc2c(c(NCc3ccc4c(c3)CC(C)O4)n1)CCN(C)CC2. The van der Waals surface area contributed by atoms with Crippen LogP contribution in [0.5, 0.6) is 5.75 Å². The predicted octanol–water partition coefficient (Wildman–Crippen LogP) is 2.75. The van der Waals surface area contributed by atoms with Crippen molar-refractivity contribution < 1.29 is 4.74 Å². The van der Waals surface area contributed by atoms with E-state index in [1.54, 1.807) is 0 Å². The molecule has 2 aromatic rings. The zero-order valence-electron chi connectivity index (χ0n) is 15.3. The Kier molecular flexibility index (Phi) is 4.34. The van der Waals surface area contributed by atoms with Gasteiger partial charge >= 0.3 is 0 Å². The zero-order chi connectivity index (χ0) is 17.4. The third-order valence-corrected chi connectivity index (χ3v) is 5.10. The van der Waals surface area contributed by atoms with Gasteiger partial charge in [-0.15, -0.1) is 0 Å². The van der Waals surface area contributed by atoms with E-state index < -0.39 is 0 Å². The molecule has 0 amide bonds. The Morgan fingerprint density at radius 3 is 2.96 bits per heavy atom. The minimum Gasteiger partial charge on any atom is -0.490 e. The normalized spacial score (nSPS) is 19.7. The van der Waals surface area contributed by atoms with Crippen LogP contribution in [0, 0.1) is 6.92 Å². The smallest absolute Gasteiger partial charge is 0.133 e. The number of likely N-dealkylation sites (N-methyl/N-ethyl adjacent to an activating group) is 1. The quantitative estimate of drug-likeness (QED) is 0.932. The lowest BCUT2D eigenvalue weighted by Gasteiger charge is -2.14. The van der Waals surface area contributed by atoms with E-state index in [9.17, 15) is 0 Å². The van der Waals surface area contributed by atoms with Crippen LogP contribution in [0.2, 0.25) is 0 Å². The molecule has 0 saturated heterocycles. The van der Waals surface area contributed by atoms with E-state index in [0.29, 0.717) is 0 Å². The standard InChI is InChI=1S/C20H26N4O/c1-13-10-16-11-15(4-5-19(16)25-13)12-21-20-17-6-8-24(3)9-7-18(17)22-14(2)23-20/h4-5,11,13H,6-10,12H2,1-3H3,(H,21,22,23). The first-order valence-corrected chi connectivity index (χ1v) is 9.16. The molecular formula is C20H26N4O. The number of fused-ring (bicyclic) bond motifs is 2. The van der Waals surface area contributed by atoms with Crippen molar-refractivity contribution in [3.05, 3.63) is 46.4 Å². The lowest BCUT2D eigenvalue weighted by Crippen LogP contribution is -2.20. The number of aromatic nitrogens is 2. The molecule has 2 aliphatic rings. The van der Waals surface area contributed by atoms with Gasteiger partial charge in [0.25, 0.3) is 0 Å². The number of aryl methyl sites for hydroxylation is 1. The molecule has 1 aromatic heterocycles. The van der Waals surface area contributed by atoms with Gasteiger partial charge in [-0.1, -0.05) is 12.1 Å². The fourth-order valence-corrected chi connectivity index (χ4v) is 3.75. The first kappa shape index (κ1) is 16.3. The van der Waals surface area contributed by atoms with E-state index in [-0.39, 0.29) is 6.10 Å². The summed E-state index contributed by atoms with van der Waals surface area (Å²) >= 11 is 0. The van der Waals surface area contributed by atoms with Gasteiger partial charge in [0, 0.05) is 38.0 Å². The molecule has 1 atom stereocenters. The Morgan fingerprint density at radius 2 is 2.08 bits per heavy atom. The molecule has 3 heterocycles. The van der Waals surface area contributed by atoms with Crippen LogP contribution >= 0.6 is 0 Å². The third-order valence-electron chi connectivity index (χ3n) is 5.10. The summed E-state index contributed by atoms with van der Waals surface area (Å²) in [6.45, 7) is 7.00. The summed E-state index contributed by atoms with van der Waals surface area (Å²) < 4.78 is 5.79. The van der Waals surface area contributed by atoms with Crippen molar-refractivity contribution in [1.29, 1.82) is 0 Å². The first-order valence-electron chi connectivity index (χ1n) is 9.16. The van der Waals surface area contributed by atoms with Crippen LogP contribution in [-0.2, 0) is 25.8 Å². The molecule has 4 rings (SSSR count). The number of hydrogen-bond donors (Lipinski definition) is 1. The number of benzene rings is 1. The van der Waals surface area contributed by atoms with E-state index in [0.717, 1.165) is 56.3 Å². The van der Waals surface area contributed by atoms with Gasteiger partial charge in [0.2, 0.25) is 0 Å². The summed E-state index contributed by atoms with van der Waals surface area (Å²) in [6.07, 6.45) is 3.29. The lowest BCUT2D eigenvalue weighted by atomic mass is 10.1. The van der Waals surface area contributed by atoms with Crippen molar-refractivity contribution in [2.45, 2.75) is 45.8 Å². The molecule has 0 radical (unpaired) electrons. The highest BCUT2D eigenvalue weighted by atomic mass is 16.5. The van der Waals surface area contributed by atoms with E-state index in [1.807, 2.05) is 6.92 Å². The van der Waals surface area contributed by atoms with Gasteiger partial charge in [0.05, 0.1) is 5.69 Å². The number of nitrogens with zero attached hydrogens (tertiary/aromatic N) is 3. The molecule has 25 heavy (non-hydrogen) atoms. The molecule has 132 valence electrons. The van der Waals surface area contributed by atoms with Crippen LogP contribution in [0.3, 0.4) is 0 Å². The van der Waals surface area contributed by atoms with Gasteiger partial charge < -0.3 is 15.0 Å². The molecule has 1 unspecified atom stereocenters. The summed E-state index contributed by atoms with van der Waals surface area (Å²) in [4.78, 5) is 11.7. The van der Waals surface area contributed by atoms with Crippen LogP contribution in [0.4, 0.5) is 5.82 Å². The van der Waals surface area contributed by atoms with Crippen molar-refractivity contribution >= 4 is 5.82 Å². The average Bonchev–Trinajstić information content (AvgIpc) is 2.85. The molecule has 1 N–H and O–H groups in total. The van der Waals surface area contributed by atoms with Crippen LogP contribution in [0.1, 0.15) is 35.1 Å². The second-order valence-corrected chi connectivity index (χ2v) is 7.28. The summed E-state index contributed by atoms with van der Waals surface area (Å²) in [7, 11) is 2.17. The summed E-state index contributed by atoms with van der Waals surface area (Å²) in [5.41, 5.74) is 5.07. The molecular weight excluding hydrogens is 312 g/mol. The van der Waals surface area contributed by atoms with Crippen molar-refractivity contribution in [2.75, 3.05) is 25.5 Å². The van der Waals surface area contributed by atoms with Gasteiger partial charge in [-0.05, 0) is 44.5 Å². The highest BCUT2D eigenvalue weighted by Crippen LogP contribution is 2.30. The average molecular weight is 338 g/mol. The molecule has 0 fully saturated rings. The van der Waals surface area contributed by atoms with Gasteiger partial charge in [-0.2, -0.15) is 0 Å². The second kappa shape index (κ2) is 6.64. The Hall–Kier alpha value is -2.14. The minimum atomic E-state index is 0.287. The van der Waals surface area contributed by atoms with Crippen molar-refractivity contribution in [2.24, 2.45) is 0 Å². The fourth-order valence-electron chi connectivity index (χ4n) is 3.75. The molecule has 5 nitrogen and oxygen atoms in total. The van der Waals surface area contributed by atoms with E-state index >= 15 is 0 Å². The third kappa shape index (κ3) is 3.47. The van der Waals surface area contributed by atoms with E-state index in [4.69, 9.17) is 4.74 Å². The zero-order valence-corrected chi connectivity index (χ0v) is 15.3. The Labute approximate surface area is 149 Å². The van der Waals surface area contributed by atoms with Crippen LogP contribution in [-0.4, -0.2) is 41.1 Å². The maximum absolute atomic E-state index is 5.79. The van der Waals surface area contributed by atoms with E-state index in [2.05, 4.69) is 52.4 Å². The largest absolute Gasteiger partial charge is 0.490 e. The summed E-state index contributed by atoms with van der Waals surface area (Å²) in [5.74, 6) is 2.89. The predicted molar refractivity (Wildman–Crippen MR) is 99.2 cm³/mol. The lowest BCUT2D eigenvalue weighted by molar-refractivity contribution is 0.254. The van der Waals surface area contributed by atoms with Crippen LogP contribution in [0.25, 0.3) is 0 Å². The van der Waals surface area contributed by atoms with Gasteiger partial charge in [0.1, 0.15) is 23.5 Å². The van der Waals surface area contributed by atoms with E-state index in [1.165, 1.54) is 22.4 Å². The topological polar surface area (TPSA) is 50.3 Å². The molecule has 2 aliphatic heterocycles. The minimum absolute atomic E-state index is 0.287. The second-order valence-electron chi connectivity index (χ2n) is 7.28. The Balaban J connectivity index is 1.54. The number of hydrogen-bond acceptors (Lipinski definition) is 5. The number of ether oxygens (including phenoxy) is 1. The van der Waals surface area contributed by atoms with Crippen LogP contribution in [0.15, 0.2) is 18.2 Å². The summed E-state index contributed by atoms with van der Waals surface area (Å²) in [6, 6.07) is 6.49. The fraction of sp³-hybridized carbons (Fsp3) is 0.500. The molecule has 1 aromatic carbocycles. The molecule has 0 aliphatic carbocycles. The number of nitrogens with one attached hydrogen (secondary N) is 1. The van der Waals surface area contributed by atoms with Crippen molar-refractivity contribution in [1.82, 2.24) is 14.9 Å². The molecule has 0 spiro atoms. The summed E-state index contributed by atoms with van der Waals surface area (Å²) in [5, 5.41) is 3.56. The van der Waals surface area contributed by atoms with Crippen LogP contribution < -0.4 is 10.1 Å². The Morgan fingerprint density at radius 1 is 1.24 bits per heavy atom. The first-order chi connectivity index (χ1) is 12.1. The maximum Gasteiger partial charge on any atom is 0.133 e.